The number of hydrogen-bond acceptors (Lipinski definition) is 5. The lowest BCUT2D eigenvalue weighted by Crippen LogP contribution is -2.41. The molecule has 2 fully saturated rings. The fraction of sp³-hybridized carbons (Fsp3) is 0.524. The van der Waals surface area contributed by atoms with Gasteiger partial charge in [-0.15, -0.1) is 0 Å². The highest BCUT2D eigenvalue weighted by molar-refractivity contribution is 6.32. The Morgan fingerprint density at radius 2 is 1.89 bits per heavy atom. The van der Waals surface area contributed by atoms with E-state index in [1.807, 2.05) is 0 Å². The van der Waals surface area contributed by atoms with Gasteiger partial charge >= 0.3 is 11.9 Å². The van der Waals surface area contributed by atoms with Crippen molar-refractivity contribution in [1.82, 2.24) is 5.32 Å². The summed E-state index contributed by atoms with van der Waals surface area (Å²) in [6.45, 7) is 0.0827. The zero-order valence-electron chi connectivity index (χ0n) is 15.9. The number of fused-ring (bicyclic) bond motifs is 2. The van der Waals surface area contributed by atoms with Gasteiger partial charge in [0.25, 0.3) is 0 Å². The molecular formula is C21H26ClNO5. The molecule has 0 radical (unpaired) electrons. The molecule has 2 bridgehead atoms. The van der Waals surface area contributed by atoms with Gasteiger partial charge in [0.2, 0.25) is 0 Å². The summed E-state index contributed by atoms with van der Waals surface area (Å²) in [5.41, 5.74) is 0. The summed E-state index contributed by atoms with van der Waals surface area (Å²) >= 11 is 6.10. The lowest BCUT2D eigenvalue weighted by Gasteiger charge is -2.23. The van der Waals surface area contributed by atoms with E-state index in [4.69, 9.17) is 26.2 Å². The van der Waals surface area contributed by atoms with Crippen LogP contribution < -0.4 is 10.1 Å². The van der Waals surface area contributed by atoms with Crippen molar-refractivity contribution in [3.63, 3.8) is 0 Å². The Bertz CT molecular complexity index is 730. The lowest BCUT2D eigenvalue weighted by atomic mass is 9.90. The quantitative estimate of drug-likeness (QED) is 0.369. The maximum atomic E-state index is 12.3. The van der Waals surface area contributed by atoms with Crippen molar-refractivity contribution in [3.8, 4) is 5.75 Å². The largest absolute Gasteiger partial charge is 0.478 e. The first-order valence-corrected chi connectivity index (χ1v) is 10.0. The minimum Gasteiger partial charge on any atom is -0.478 e. The van der Waals surface area contributed by atoms with Crippen molar-refractivity contribution in [2.75, 3.05) is 13.7 Å². The SMILES string of the molecule is COC(=O)C(CC1C2CCC1CC2)NCC(=CC(=O)O)Oc1ccccc1Cl. The average molecular weight is 408 g/mol. The van der Waals surface area contributed by atoms with Crippen molar-refractivity contribution < 1.29 is 24.2 Å². The molecule has 3 rings (SSSR count). The molecule has 2 saturated carbocycles. The summed E-state index contributed by atoms with van der Waals surface area (Å²) in [5, 5.41) is 12.7. The van der Waals surface area contributed by atoms with E-state index in [0.717, 1.165) is 6.08 Å². The Hall–Kier alpha value is -2.05. The average Bonchev–Trinajstić information content (AvgIpc) is 3.24. The van der Waals surface area contributed by atoms with Crippen LogP contribution in [0.5, 0.6) is 5.75 Å². The number of para-hydroxylation sites is 1. The summed E-state index contributed by atoms with van der Waals surface area (Å²) < 4.78 is 10.6. The van der Waals surface area contributed by atoms with Gasteiger partial charge in [0.05, 0.1) is 24.8 Å². The Kier molecular flexibility index (Phi) is 6.97. The van der Waals surface area contributed by atoms with Gasteiger partial charge in [-0.2, -0.15) is 0 Å². The van der Waals surface area contributed by atoms with Gasteiger partial charge in [-0.3, -0.25) is 10.1 Å². The number of hydrogen-bond donors (Lipinski definition) is 2. The lowest BCUT2D eigenvalue weighted by molar-refractivity contribution is -0.143. The molecule has 1 aromatic carbocycles. The highest BCUT2D eigenvalue weighted by Gasteiger charge is 2.43. The van der Waals surface area contributed by atoms with Gasteiger partial charge < -0.3 is 14.6 Å². The minimum atomic E-state index is -1.13. The molecule has 2 N–H and O–H groups in total. The van der Waals surface area contributed by atoms with Crippen LogP contribution in [-0.2, 0) is 14.3 Å². The number of esters is 1. The van der Waals surface area contributed by atoms with Gasteiger partial charge in [0.1, 0.15) is 17.6 Å². The Balaban J connectivity index is 1.67. The van der Waals surface area contributed by atoms with E-state index in [9.17, 15) is 9.59 Å². The molecular weight excluding hydrogens is 382 g/mol. The molecule has 0 aromatic heterocycles. The van der Waals surface area contributed by atoms with Crippen molar-refractivity contribution in [3.05, 3.63) is 41.1 Å². The second-order valence-electron chi connectivity index (χ2n) is 7.51. The van der Waals surface area contributed by atoms with Crippen LogP contribution >= 0.6 is 11.6 Å². The monoisotopic (exact) mass is 407 g/mol. The van der Waals surface area contributed by atoms with Crippen LogP contribution in [0.2, 0.25) is 5.02 Å². The number of nitrogens with one attached hydrogen (secondary N) is 1. The normalized spacial score (nSPS) is 24.8. The fourth-order valence-electron chi connectivity index (χ4n) is 4.60. The first-order valence-electron chi connectivity index (χ1n) is 9.65. The predicted octanol–water partition coefficient (Wildman–Crippen LogP) is 3.64. The highest BCUT2D eigenvalue weighted by atomic mass is 35.5. The molecule has 6 nitrogen and oxygen atoms in total. The number of ether oxygens (including phenoxy) is 2. The number of halogens is 1. The van der Waals surface area contributed by atoms with E-state index in [1.54, 1.807) is 24.3 Å². The third-order valence-corrected chi connectivity index (χ3v) is 6.22. The van der Waals surface area contributed by atoms with Crippen LogP contribution in [0.4, 0.5) is 0 Å². The Morgan fingerprint density at radius 3 is 2.46 bits per heavy atom. The smallest absolute Gasteiger partial charge is 0.331 e. The van der Waals surface area contributed by atoms with Crippen LogP contribution in [0.25, 0.3) is 0 Å². The van der Waals surface area contributed by atoms with Crippen LogP contribution in [0, 0.1) is 17.8 Å². The van der Waals surface area contributed by atoms with E-state index in [0.29, 0.717) is 34.9 Å². The zero-order valence-corrected chi connectivity index (χ0v) is 16.7. The van der Waals surface area contributed by atoms with E-state index in [2.05, 4.69) is 5.32 Å². The Morgan fingerprint density at radius 1 is 1.25 bits per heavy atom. The molecule has 152 valence electrons. The standard InChI is InChI=1S/C21H26ClNO5/c1-27-21(26)18(11-16-13-6-7-14(16)9-8-13)23-12-15(10-20(24)25)28-19-5-3-2-4-17(19)22/h2-5,10,13-14,16,18,23H,6-9,11-12H2,1H3,(H,24,25). The summed E-state index contributed by atoms with van der Waals surface area (Å²) in [5.74, 6) is 0.963. The van der Waals surface area contributed by atoms with Gasteiger partial charge in [0.15, 0.2) is 0 Å². The zero-order chi connectivity index (χ0) is 20.1. The number of rotatable bonds is 9. The van der Waals surface area contributed by atoms with Gasteiger partial charge in [-0.05, 0) is 62.0 Å². The summed E-state index contributed by atoms with van der Waals surface area (Å²) in [4.78, 5) is 23.5. The topological polar surface area (TPSA) is 84.9 Å². The second-order valence-corrected chi connectivity index (χ2v) is 7.92. The molecule has 0 spiro atoms. The number of benzene rings is 1. The van der Waals surface area contributed by atoms with Gasteiger partial charge in [0, 0.05) is 0 Å². The second kappa shape index (κ2) is 9.43. The van der Waals surface area contributed by atoms with Crippen LogP contribution in [0.15, 0.2) is 36.1 Å². The first kappa shape index (κ1) is 20.7. The molecule has 1 aromatic rings. The highest BCUT2D eigenvalue weighted by Crippen LogP contribution is 2.51. The van der Waals surface area contributed by atoms with Crippen molar-refractivity contribution in [1.29, 1.82) is 0 Å². The van der Waals surface area contributed by atoms with Gasteiger partial charge in [-0.1, -0.05) is 23.7 Å². The first-order chi connectivity index (χ1) is 13.5. The summed E-state index contributed by atoms with van der Waals surface area (Å²) in [6.07, 6.45) is 6.64. The summed E-state index contributed by atoms with van der Waals surface area (Å²) in [7, 11) is 1.37. The molecule has 28 heavy (non-hydrogen) atoms. The third-order valence-electron chi connectivity index (χ3n) is 5.91. The maximum absolute atomic E-state index is 12.3. The molecule has 0 saturated heterocycles. The van der Waals surface area contributed by atoms with Crippen LogP contribution in [0.1, 0.15) is 32.1 Å². The minimum absolute atomic E-state index is 0.0827. The molecule has 0 aliphatic heterocycles. The predicted molar refractivity (Wildman–Crippen MR) is 105 cm³/mol. The number of methoxy groups -OCH3 is 1. The van der Waals surface area contributed by atoms with Crippen LogP contribution in [-0.4, -0.2) is 36.7 Å². The molecule has 0 heterocycles. The summed E-state index contributed by atoms with van der Waals surface area (Å²) in [6, 6.07) is 6.34. The van der Waals surface area contributed by atoms with E-state index >= 15 is 0 Å². The number of carboxylic acids is 1. The molecule has 2 aliphatic carbocycles. The van der Waals surface area contributed by atoms with E-state index in [1.165, 1.54) is 32.8 Å². The molecule has 1 unspecified atom stereocenters. The van der Waals surface area contributed by atoms with E-state index in [-0.39, 0.29) is 18.3 Å². The number of carbonyl (C=O) groups excluding carboxylic acids is 1. The fourth-order valence-corrected chi connectivity index (χ4v) is 4.77. The van der Waals surface area contributed by atoms with Gasteiger partial charge in [-0.25, -0.2) is 4.79 Å². The molecule has 1 atom stereocenters. The van der Waals surface area contributed by atoms with Crippen LogP contribution in [0.3, 0.4) is 0 Å². The van der Waals surface area contributed by atoms with Crippen molar-refractivity contribution in [2.45, 2.75) is 38.1 Å². The molecule has 7 heteroatoms. The Labute approximate surface area is 169 Å². The van der Waals surface area contributed by atoms with E-state index < -0.39 is 12.0 Å². The molecule has 0 amide bonds. The number of aliphatic carboxylic acids is 1. The third kappa shape index (κ3) is 5.06. The number of carboxylic acid groups (broad SMARTS) is 1. The molecule has 2 aliphatic rings. The van der Waals surface area contributed by atoms with Crippen molar-refractivity contribution in [2.24, 2.45) is 17.8 Å². The van der Waals surface area contributed by atoms with Crippen molar-refractivity contribution >= 4 is 23.5 Å². The number of carbonyl (C=O) groups is 2. The maximum Gasteiger partial charge on any atom is 0.331 e.